The van der Waals surface area contributed by atoms with Crippen LogP contribution in [0.15, 0.2) is 29.3 Å². The van der Waals surface area contributed by atoms with E-state index in [4.69, 9.17) is 11.6 Å². The molecule has 2 aromatic rings. The van der Waals surface area contributed by atoms with E-state index < -0.39 is 11.8 Å². The second-order valence-electron chi connectivity index (χ2n) is 7.07. The summed E-state index contributed by atoms with van der Waals surface area (Å²) >= 11 is 6.07. The largest absolute Gasteiger partial charge is 0.588 e. The number of fused-ring (bicyclic) bond motifs is 2. The number of alkyl halides is 2. The molecule has 0 aliphatic carbocycles. The molecule has 1 aromatic carbocycles. The van der Waals surface area contributed by atoms with Crippen LogP contribution in [-0.2, 0) is 6.54 Å². The minimum atomic E-state index is -3.78. The van der Waals surface area contributed by atoms with Gasteiger partial charge in [-0.1, -0.05) is 23.7 Å². The number of halogens is 3. The molecule has 1 saturated heterocycles. The molecule has 0 saturated carbocycles. The van der Waals surface area contributed by atoms with Crippen molar-refractivity contribution < 1.29 is 18.3 Å². The van der Waals surface area contributed by atoms with Crippen molar-refractivity contribution in [2.24, 2.45) is 4.99 Å². The Morgan fingerprint density at radius 2 is 1.90 bits per heavy atom. The quantitative estimate of drug-likeness (QED) is 0.685. The Hall–Kier alpha value is -2.72. The predicted octanol–water partition coefficient (Wildman–Crippen LogP) is 2.82. The second-order valence-corrected chi connectivity index (χ2v) is 7.51. The van der Waals surface area contributed by atoms with Gasteiger partial charge in [-0.05, 0) is 43.6 Å². The van der Waals surface area contributed by atoms with Gasteiger partial charge in [-0.25, -0.2) is 4.99 Å². The van der Waals surface area contributed by atoms with Crippen LogP contribution in [0.4, 0.5) is 20.4 Å². The number of nitrogens with zero attached hydrogens (tertiary/aromatic N) is 3. The summed E-state index contributed by atoms with van der Waals surface area (Å²) in [5.41, 5.74) is 0.480. The van der Waals surface area contributed by atoms with E-state index in [1.165, 1.54) is 0 Å². The number of hydrogen-bond acceptors (Lipinski definition) is 8. The Morgan fingerprint density at radius 3 is 2.66 bits per heavy atom. The molecular formula is C18H17ClF2N6O2. The zero-order valence-electron chi connectivity index (χ0n) is 15.1. The molecule has 1 fully saturated rings. The lowest BCUT2D eigenvalue weighted by atomic mass is 9.85. The maximum Gasteiger partial charge on any atom is 0.588 e. The molecule has 4 heterocycles. The number of piperidine rings is 1. The van der Waals surface area contributed by atoms with Gasteiger partial charge in [0.1, 0.15) is 5.84 Å². The maximum atomic E-state index is 13.4. The molecule has 1 spiro atoms. The van der Waals surface area contributed by atoms with Gasteiger partial charge in [0.05, 0.1) is 5.54 Å². The van der Waals surface area contributed by atoms with Crippen molar-refractivity contribution in [3.8, 4) is 11.8 Å². The highest BCUT2D eigenvalue weighted by Crippen LogP contribution is 2.43. The third kappa shape index (κ3) is 3.42. The van der Waals surface area contributed by atoms with Gasteiger partial charge in [0.2, 0.25) is 5.82 Å². The molecule has 1 aromatic heterocycles. The molecule has 0 amide bonds. The summed E-state index contributed by atoms with van der Waals surface area (Å²) in [7, 11) is 0. The number of ether oxygens (including phenoxy) is 2. The first-order chi connectivity index (χ1) is 13.9. The second kappa shape index (κ2) is 6.67. The van der Waals surface area contributed by atoms with Crippen molar-refractivity contribution in [2.45, 2.75) is 31.2 Å². The summed E-state index contributed by atoms with van der Waals surface area (Å²) in [4.78, 5) is 12.8. The van der Waals surface area contributed by atoms with Gasteiger partial charge in [-0.3, -0.25) is 0 Å². The molecule has 0 radical (unpaired) electrons. The first-order valence-electron chi connectivity index (χ1n) is 9.17. The van der Waals surface area contributed by atoms with Crippen LogP contribution in [0, 0.1) is 0 Å². The van der Waals surface area contributed by atoms with Gasteiger partial charge < -0.3 is 25.4 Å². The normalized spacial score (nSPS) is 20.6. The monoisotopic (exact) mass is 422 g/mol. The van der Waals surface area contributed by atoms with Gasteiger partial charge in [0, 0.05) is 11.6 Å². The van der Waals surface area contributed by atoms with Gasteiger partial charge in [0.15, 0.2) is 5.82 Å². The fourth-order valence-corrected chi connectivity index (χ4v) is 3.91. The number of aliphatic imine (C=N–C) groups is 1. The van der Waals surface area contributed by atoms with Crippen molar-refractivity contribution in [2.75, 3.05) is 18.4 Å². The summed E-state index contributed by atoms with van der Waals surface area (Å²) in [6.45, 7) is 2.05. The van der Waals surface area contributed by atoms with E-state index in [0.717, 1.165) is 31.5 Å². The fraction of sp³-hybridized carbons (Fsp3) is 0.389. The number of aromatic nitrogens is 2. The average Bonchev–Trinajstić information content (AvgIpc) is 2.98. The lowest BCUT2D eigenvalue weighted by molar-refractivity contribution is -0.288. The van der Waals surface area contributed by atoms with Crippen LogP contribution in [0.1, 0.15) is 18.4 Å². The molecule has 11 heteroatoms. The number of benzene rings is 1. The number of nitrogens with one attached hydrogen (secondary N) is 3. The summed E-state index contributed by atoms with van der Waals surface area (Å²) < 4.78 is 35.6. The number of amidine groups is 1. The molecule has 29 heavy (non-hydrogen) atoms. The van der Waals surface area contributed by atoms with Crippen LogP contribution < -0.4 is 25.4 Å². The van der Waals surface area contributed by atoms with Crippen LogP contribution in [-0.4, -0.2) is 40.7 Å². The summed E-state index contributed by atoms with van der Waals surface area (Å²) in [6, 6.07) is 7.51. The van der Waals surface area contributed by atoms with E-state index in [9.17, 15) is 8.78 Å². The third-order valence-corrected chi connectivity index (χ3v) is 5.32. The number of rotatable bonds is 2. The molecule has 0 bridgehead atoms. The minimum Gasteiger partial charge on any atom is -0.375 e. The molecule has 0 unspecified atom stereocenters. The maximum absolute atomic E-state index is 13.4. The number of hydrogen-bond donors (Lipinski definition) is 3. The van der Waals surface area contributed by atoms with Crippen molar-refractivity contribution >= 4 is 29.1 Å². The first-order valence-corrected chi connectivity index (χ1v) is 9.55. The highest BCUT2D eigenvalue weighted by atomic mass is 35.5. The third-order valence-electron chi connectivity index (χ3n) is 5.08. The zero-order valence-corrected chi connectivity index (χ0v) is 15.9. The van der Waals surface area contributed by atoms with E-state index >= 15 is 0 Å². The molecular weight excluding hydrogens is 406 g/mol. The topological polar surface area (TPSA) is 92.7 Å². The van der Waals surface area contributed by atoms with Gasteiger partial charge in [-0.15, -0.1) is 8.78 Å². The highest BCUT2D eigenvalue weighted by Gasteiger charge is 2.48. The SMILES string of the molecule is FC1(F)Oc2nc3c(nc2O1)NC1(CCNCC1)C(NCc1cccc(Cl)c1)=N3. The van der Waals surface area contributed by atoms with Crippen molar-refractivity contribution in [3.05, 3.63) is 34.9 Å². The molecule has 3 aliphatic heterocycles. The summed E-state index contributed by atoms with van der Waals surface area (Å²) in [6.07, 6.45) is -2.31. The Morgan fingerprint density at radius 1 is 1.14 bits per heavy atom. The fourth-order valence-electron chi connectivity index (χ4n) is 3.69. The summed E-state index contributed by atoms with van der Waals surface area (Å²) in [5, 5.41) is 10.7. The Kier molecular flexibility index (Phi) is 4.21. The first kappa shape index (κ1) is 18.3. The average molecular weight is 423 g/mol. The van der Waals surface area contributed by atoms with Crippen molar-refractivity contribution in [1.82, 2.24) is 20.6 Å². The smallest absolute Gasteiger partial charge is 0.375 e. The van der Waals surface area contributed by atoms with E-state index in [1.807, 2.05) is 24.3 Å². The van der Waals surface area contributed by atoms with Crippen molar-refractivity contribution in [1.29, 1.82) is 0 Å². The highest BCUT2D eigenvalue weighted by molar-refractivity contribution is 6.30. The molecule has 152 valence electrons. The van der Waals surface area contributed by atoms with E-state index in [2.05, 4.69) is 40.4 Å². The van der Waals surface area contributed by atoms with Gasteiger partial charge in [0.25, 0.3) is 11.8 Å². The Labute approximate surface area is 169 Å². The lowest BCUT2D eigenvalue weighted by Gasteiger charge is -2.42. The Bertz CT molecular complexity index is 996. The van der Waals surface area contributed by atoms with Crippen LogP contribution in [0.25, 0.3) is 0 Å². The Balaban J connectivity index is 1.49. The van der Waals surface area contributed by atoms with E-state index in [0.29, 0.717) is 23.2 Å². The van der Waals surface area contributed by atoms with E-state index in [-0.39, 0.29) is 17.6 Å². The molecule has 8 nitrogen and oxygen atoms in total. The van der Waals surface area contributed by atoms with E-state index in [1.54, 1.807) is 0 Å². The molecule has 3 N–H and O–H groups in total. The zero-order chi connectivity index (χ0) is 20.1. The van der Waals surface area contributed by atoms with Crippen LogP contribution >= 0.6 is 11.6 Å². The number of anilines is 1. The molecule has 5 rings (SSSR count). The van der Waals surface area contributed by atoms with Gasteiger partial charge >= 0.3 is 6.29 Å². The molecule has 3 aliphatic rings. The van der Waals surface area contributed by atoms with Crippen LogP contribution in [0.3, 0.4) is 0 Å². The van der Waals surface area contributed by atoms with Gasteiger partial charge in [-0.2, -0.15) is 9.97 Å². The van der Waals surface area contributed by atoms with Crippen molar-refractivity contribution in [3.63, 3.8) is 0 Å². The standard InChI is InChI=1S/C18H17ClF2N6O2/c19-11-3-1-2-10(8-11)9-23-16-17(4-6-22-7-5-17)27-13-12(26-16)24-14-15(25-13)29-18(20,21)28-14/h1-3,8,22H,4-7,9H2,(H,25,27)(H,23,24,26). The summed E-state index contributed by atoms with van der Waals surface area (Å²) in [5.74, 6) is 0.403. The lowest BCUT2D eigenvalue weighted by Crippen LogP contribution is -2.58. The minimum absolute atomic E-state index is 0.169. The predicted molar refractivity (Wildman–Crippen MR) is 102 cm³/mol. The molecule has 0 atom stereocenters. The van der Waals surface area contributed by atoms with Crippen LogP contribution in [0.2, 0.25) is 5.02 Å². The van der Waals surface area contributed by atoms with Crippen LogP contribution in [0.5, 0.6) is 11.8 Å².